The van der Waals surface area contributed by atoms with Crippen molar-refractivity contribution in [3.63, 3.8) is 0 Å². The Morgan fingerprint density at radius 1 is 0.867 bits per heavy atom. The number of carbonyl (C=O) groups is 3. The summed E-state index contributed by atoms with van der Waals surface area (Å²) in [6, 6.07) is 14.0. The molecule has 160 valence electrons. The van der Waals surface area contributed by atoms with Gasteiger partial charge in [0.05, 0.1) is 6.54 Å². The summed E-state index contributed by atoms with van der Waals surface area (Å²) in [4.78, 5) is 36.1. The zero-order valence-electron chi connectivity index (χ0n) is 17.7. The molecule has 0 atom stereocenters. The Hall–Kier alpha value is -3.35. The van der Waals surface area contributed by atoms with Crippen molar-refractivity contribution in [2.24, 2.45) is 5.92 Å². The fraction of sp³-hybridized carbons (Fsp3) is 0.348. The van der Waals surface area contributed by atoms with Crippen molar-refractivity contribution in [2.75, 3.05) is 29.0 Å². The van der Waals surface area contributed by atoms with Crippen LogP contribution in [-0.4, -0.2) is 30.8 Å². The third kappa shape index (κ3) is 7.95. The summed E-state index contributed by atoms with van der Waals surface area (Å²) in [7, 11) is 0. The minimum atomic E-state index is -0.215. The molecule has 2 rings (SSSR count). The molecule has 0 unspecified atom stereocenters. The van der Waals surface area contributed by atoms with Crippen LogP contribution in [0.15, 0.2) is 48.5 Å². The molecule has 7 heteroatoms. The molecule has 0 bridgehead atoms. The Morgan fingerprint density at radius 2 is 1.50 bits per heavy atom. The standard InChI is InChI=1S/C23H30N4O3/c1-4-12-24-23(30)17-6-5-7-20(14-17)25-15-22(29)27-19-10-8-18(9-11-19)26-21(28)13-16(2)3/h5-11,14,16,25H,4,12-13,15H2,1-3H3,(H,24,30)(H,26,28)(H,27,29). The molecule has 0 fully saturated rings. The van der Waals surface area contributed by atoms with Crippen LogP contribution in [0.4, 0.5) is 17.1 Å². The number of amides is 3. The summed E-state index contributed by atoms with van der Waals surface area (Å²) in [5.41, 5.74) is 2.56. The highest BCUT2D eigenvalue weighted by molar-refractivity contribution is 5.96. The van der Waals surface area contributed by atoms with Gasteiger partial charge in [-0.05, 0) is 54.8 Å². The van der Waals surface area contributed by atoms with Crippen LogP contribution in [0.5, 0.6) is 0 Å². The summed E-state index contributed by atoms with van der Waals surface area (Å²) >= 11 is 0. The van der Waals surface area contributed by atoms with Gasteiger partial charge in [0.1, 0.15) is 0 Å². The van der Waals surface area contributed by atoms with Crippen LogP contribution < -0.4 is 21.3 Å². The van der Waals surface area contributed by atoms with Gasteiger partial charge in [0.25, 0.3) is 5.91 Å². The molecule has 0 aromatic heterocycles. The average molecular weight is 411 g/mol. The third-order valence-corrected chi connectivity index (χ3v) is 4.16. The highest BCUT2D eigenvalue weighted by Gasteiger charge is 2.08. The molecule has 0 radical (unpaired) electrons. The maximum atomic E-state index is 12.2. The van der Waals surface area contributed by atoms with Crippen molar-refractivity contribution >= 4 is 34.8 Å². The molecular weight excluding hydrogens is 380 g/mol. The highest BCUT2D eigenvalue weighted by Crippen LogP contribution is 2.15. The zero-order valence-corrected chi connectivity index (χ0v) is 17.7. The van der Waals surface area contributed by atoms with E-state index < -0.39 is 0 Å². The lowest BCUT2D eigenvalue weighted by atomic mass is 10.1. The van der Waals surface area contributed by atoms with Crippen LogP contribution in [-0.2, 0) is 9.59 Å². The fourth-order valence-electron chi connectivity index (χ4n) is 2.72. The van der Waals surface area contributed by atoms with Crippen LogP contribution in [0.2, 0.25) is 0 Å². The smallest absolute Gasteiger partial charge is 0.251 e. The van der Waals surface area contributed by atoms with E-state index in [1.54, 1.807) is 48.5 Å². The number of nitrogens with one attached hydrogen (secondary N) is 4. The minimum Gasteiger partial charge on any atom is -0.376 e. The van der Waals surface area contributed by atoms with Crippen LogP contribution in [0, 0.1) is 5.92 Å². The van der Waals surface area contributed by atoms with Crippen molar-refractivity contribution in [3.8, 4) is 0 Å². The van der Waals surface area contributed by atoms with Crippen LogP contribution in [0.1, 0.15) is 44.0 Å². The lowest BCUT2D eigenvalue weighted by Crippen LogP contribution is -2.24. The minimum absolute atomic E-state index is 0.0309. The first-order valence-electron chi connectivity index (χ1n) is 10.2. The van der Waals surface area contributed by atoms with Gasteiger partial charge in [-0.1, -0.05) is 26.8 Å². The van der Waals surface area contributed by atoms with Gasteiger partial charge in [0.2, 0.25) is 11.8 Å². The van der Waals surface area contributed by atoms with E-state index in [0.717, 1.165) is 6.42 Å². The Labute approximate surface area is 177 Å². The number of carbonyl (C=O) groups excluding carboxylic acids is 3. The zero-order chi connectivity index (χ0) is 21.9. The summed E-state index contributed by atoms with van der Waals surface area (Å²) in [5, 5.41) is 11.5. The molecule has 0 aliphatic heterocycles. The molecule has 0 aliphatic carbocycles. The molecule has 0 spiro atoms. The Bertz CT molecular complexity index is 863. The van der Waals surface area contributed by atoms with E-state index >= 15 is 0 Å². The lowest BCUT2D eigenvalue weighted by Gasteiger charge is -2.11. The molecular formula is C23H30N4O3. The summed E-state index contributed by atoms with van der Waals surface area (Å²) < 4.78 is 0. The number of hydrogen-bond acceptors (Lipinski definition) is 4. The molecule has 4 N–H and O–H groups in total. The molecule has 0 saturated heterocycles. The molecule has 2 aromatic carbocycles. The number of benzene rings is 2. The van der Waals surface area contributed by atoms with Gasteiger partial charge in [0.15, 0.2) is 0 Å². The van der Waals surface area contributed by atoms with Gasteiger partial charge >= 0.3 is 0 Å². The SMILES string of the molecule is CCCNC(=O)c1cccc(NCC(=O)Nc2ccc(NC(=O)CC(C)C)cc2)c1. The van der Waals surface area contributed by atoms with E-state index in [1.165, 1.54) is 0 Å². The summed E-state index contributed by atoms with van der Waals surface area (Å²) in [6.45, 7) is 6.66. The van der Waals surface area contributed by atoms with Crippen molar-refractivity contribution in [2.45, 2.75) is 33.6 Å². The predicted octanol–water partition coefficient (Wildman–Crippen LogP) is 3.86. The second-order valence-electron chi connectivity index (χ2n) is 7.46. The van der Waals surface area contributed by atoms with Crippen molar-refractivity contribution in [1.82, 2.24) is 5.32 Å². The molecule has 3 amide bonds. The predicted molar refractivity (Wildman–Crippen MR) is 121 cm³/mol. The quantitative estimate of drug-likeness (QED) is 0.478. The maximum Gasteiger partial charge on any atom is 0.251 e. The number of hydrogen-bond donors (Lipinski definition) is 4. The molecule has 7 nitrogen and oxygen atoms in total. The Balaban J connectivity index is 1.83. The van der Waals surface area contributed by atoms with Gasteiger partial charge in [0, 0.05) is 35.6 Å². The van der Waals surface area contributed by atoms with Crippen molar-refractivity contribution < 1.29 is 14.4 Å². The van der Waals surface area contributed by atoms with Crippen LogP contribution >= 0.6 is 0 Å². The summed E-state index contributed by atoms with van der Waals surface area (Å²) in [5.74, 6) is -0.0861. The van der Waals surface area contributed by atoms with Gasteiger partial charge in [-0.3, -0.25) is 14.4 Å². The Morgan fingerprint density at radius 3 is 2.10 bits per heavy atom. The van der Waals surface area contributed by atoms with Crippen LogP contribution in [0.25, 0.3) is 0 Å². The van der Waals surface area contributed by atoms with E-state index in [0.29, 0.717) is 41.5 Å². The first kappa shape index (κ1) is 22.9. The largest absolute Gasteiger partial charge is 0.376 e. The Kier molecular flexibility index (Phi) is 8.87. The highest BCUT2D eigenvalue weighted by atomic mass is 16.2. The second kappa shape index (κ2) is 11.6. The van der Waals surface area contributed by atoms with Gasteiger partial charge in [-0.2, -0.15) is 0 Å². The first-order chi connectivity index (χ1) is 14.4. The van der Waals surface area contributed by atoms with Gasteiger partial charge < -0.3 is 21.3 Å². The molecule has 30 heavy (non-hydrogen) atoms. The normalized spacial score (nSPS) is 10.4. The molecule has 0 aliphatic rings. The number of anilines is 3. The maximum absolute atomic E-state index is 12.2. The van der Waals surface area contributed by atoms with E-state index in [4.69, 9.17) is 0 Å². The fourth-order valence-corrected chi connectivity index (χ4v) is 2.72. The van der Waals surface area contributed by atoms with Gasteiger partial charge in [-0.25, -0.2) is 0 Å². The van der Waals surface area contributed by atoms with E-state index in [2.05, 4.69) is 21.3 Å². The lowest BCUT2D eigenvalue weighted by molar-refractivity contribution is -0.117. The average Bonchev–Trinajstić information content (AvgIpc) is 2.71. The van der Waals surface area contributed by atoms with Crippen molar-refractivity contribution in [1.29, 1.82) is 0 Å². The second-order valence-corrected chi connectivity index (χ2v) is 7.46. The topological polar surface area (TPSA) is 99.3 Å². The van der Waals surface area contributed by atoms with E-state index in [1.807, 2.05) is 20.8 Å². The van der Waals surface area contributed by atoms with Crippen molar-refractivity contribution in [3.05, 3.63) is 54.1 Å². The monoisotopic (exact) mass is 410 g/mol. The third-order valence-electron chi connectivity index (χ3n) is 4.16. The van der Waals surface area contributed by atoms with E-state index in [-0.39, 0.29) is 24.3 Å². The van der Waals surface area contributed by atoms with Crippen LogP contribution in [0.3, 0.4) is 0 Å². The number of rotatable bonds is 10. The van der Waals surface area contributed by atoms with E-state index in [9.17, 15) is 14.4 Å². The first-order valence-corrected chi connectivity index (χ1v) is 10.2. The molecule has 0 heterocycles. The summed E-state index contributed by atoms with van der Waals surface area (Å²) in [6.07, 6.45) is 1.33. The van der Waals surface area contributed by atoms with Gasteiger partial charge in [-0.15, -0.1) is 0 Å². The molecule has 2 aromatic rings. The molecule has 0 saturated carbocycles.